The maximum Gasteiger partial charge on any atom is 0.325 e. The second-order valence-electron chi connectivity index (χ2n) is 12.6. The minimum absolute atomic E-state index is 0.00624. The van der Waals surface area contributed by atoms with E-state index >= 15 is 4.39 Å². The fourth-order valence-electron chi connectivity index (χ4n) is 8.23. The molecule has 1 aromatic rings. The number of hydrogen-bond acceptors (Lipinski definition) is 11. The van der Waals surface area contributed by atoms with E-state index in [4.69, 9.17) is 15.2 Å². The van der Waals surface area contributed by atoms with E-state index in [9.17, 15) is 29.4 Å². The molecule has 0 aromatic heterocycles. The summed E-state index contributed by atoms with van der Waals surface area (Å²) in [7, 11) is 0. The summed E-state index contributed by atoms with van der Waals surface area (Å²) in [5, 5.41) is 42.5. The molecule has 1 aromatic carbocycles. The maximum atomic E-state index is 17.2. The van der Waals surface area contributed by atoms with Gasteiger partial charge < -0.3 is 20.3 Å². The number of nitrogens with one attached hydrogen (secondary N) is 1. The van der Waals surface area contributed by atoms with Gasteiger partial charge in [-0.2, -0.15) is 0 Å². The van der Waals surface area contributed by atoms with Crippen LogP contribution >= 0.6 is 0 Å². The third-order valence-corrected chi connectivity index (χ3v) is 10.6. The number of aliphatic hydroxyl groups is 2. The van der Waals surface area contributed by atoms with Gasteiger partial charge >= 0.3 is 5.97 Å². The Labute approximate surface area is 253 Å². The van der Waals surface area contributed by atoms with E-state index in [1.54, 1.807) is 26.0 Å². The Morgan fingerprint density at radius 3 is 2.59 bits per heavy atom. The first kappa shape index (κ1) is 32.1. The summed E-state index contributed by atoms with van der Waals surface area (Å²) in [6.45, 7) is 1.64. The van der Waals surface area contributed by atoms with E-state index in [1.807, 2.05) is 0 Å². The van der Waals surface area contributed by atoms with Crippen molar-refractivity contribution in [2.75, 3.05) is 13.2 Å². The lowest BCUT2D eigenvalue weighted by molar-refractivity contribution is -0.497. The summed E-state index contributed by atoms with van der Waals surface area (Å²) in [5.41, 5.74) is -5.43. The molecule has 13 heteroatoms. The number of aliphatic hydroxyl groups excluding tert-OH is 1. The van der Waals surface area contributed by atoms with Gasteiger partial charge in [-0.25, -0.2) is 9.23 Å². The average Bonchev–Trinajstić information content (AvgIpc) is 3.25. The Balaban J connectivity index is 1.23. The van der Waals surface area contributed by atoms with Gasteiger partial charge in [0.2, 0.25) is 5.78 Å². The number of carbonyl (C=O) groups excluding carboxylic acids is 4. The molecule has 4 aliphatic rings. The first-order valence-electron chi connectivity index (χ1n) is 14.6. The highest BCUT2D eigenvalue weighted by Crippen LogP contribution is 2.69. The lowest BCUT2D eigenvalue weighted by Gasteiger charge is -2.62. The number of hydrogen-bond donors (Lipinski definition) is 5. The van der Waals surface area contributed by atoms with E-state index < -0.39 is 76.2 Å². The molecule has 0 heterocycles. The highest BCUT2D eigenvalue weighted by Gasteiger charge is 2.74. The number of fused-ring (bicyclic) bond motifs is 5. The van der Waals surface area contributed by atoms with Gasteiger partial charge in [0.1, 0.15) is 12.1 Å². The van der Waals surface area contributed by atoms with Crippen LogP contribution in [0.15, 0.2) is 48.1 Å². The third kappa shape index (κ3) is 5.01. The van der Waals surface area contributed by atoms with E-state index in [2.05, 4.69) is 10.2 Å². The topological polar surface area (TPSA) is 183 Å². The van der Waals surface area contributed by atoms with Crippen LogP contribution in [-0.4, -0.2) is 80.0 Å². The fourth-order valence-corrected chi connectivity index (χ4v) is 8.23. The van der Waals surface area contributed by atoms with Crippen LogP contribution in [-0.2, 0) is 30.6 Å². The number of amides is 1. The molecule has 44 heavy (non-hydrogen) atoms. The first-order chi connectivity index (χ1) is 20.7. The molecular weight excluding hydrogens is 579 g/mol. The predicted octanol–water partition coefficient (Wildman–Crippen LogP) is 2.14. The summed E-state index contributed by atoms with van der Waals surface area (Å²) in [6.07, 6.45) is 3.72. The van der Waals surface area contributed by atoms with Gasteiger partial charge in [0, 0.05) is 22.3 Å². The van der Waals surface area contributed by atoms with Gasteiger partial charge in [-0.1, -0.05) is 36.8 Å². The molecule has 0 radical (unpaired) electrons. The van der Waals surface area contributed by atoms with Gasteiger partial charge in [0.25, 0.3) is 5.91 Å². The Morgan fingerprint density at radius 2 is 1.86 bits per heavy atom. The monoisotopic (exact) mass is 616 g/mol. The number of Topliss-reactive ketones (excluding diaryl/α,β-unsaturated/α-hetero) is 1. The minimum Gasteiger partial charge on any atom is -0.456 e. The van der Waals surface area contributed by atoms with Crippen molar-refractivity contribution < 1.29 is 53.8 Å². The average molecular weight is 617 g/mol. The molecule has 3 unspecified atom stereocenters. The van der Waals surface area contributed by atoms with Gasteiger partial charge in [0.05, 0.1) is 18.1 Å². The molecule has 1 amide bonds. The van der Waals surface area contributed by atoms with Crippen LogP contribution in [0.3, 0.4) is 0 Å². The second kappa shape index (κ2) is 11.5. The third-order valence-electron chi connectivity index (χ3n) is 10.6. The molecule has 5 rings (SSSR count). The van der Waals surface area contributed by atoms with Crippen LogP contribution in [0, 0.1) is 22.7 Å². The predicted molar refractivity (Wildman–Crippen MR) is 148 cm³/mol. The normalized spacial score (nSPS) is 35.8. The summed E-state index contributed by atoms with van der Waals surface area (Å²) in [5.74, 6) is -3.74. The molecule has 238 valence electrons. The number of nitrogens with zero attached hydrogens (tertiary/aromatic N) is 1. The minimum atomic E-state index is -2.10. The van der Waals surface area contributed by atoms with E-state index in [1.165, 1.54) is 30.4 Å². The van der Waals surface area contributed by atoms with Crippen molar-refractivity contribution in [2.24, 2.45) is 22.7 Å². The number of alkyl halides is 1. The number of esters is 1. The van der Waals surface area contributed by atoms with Crippen LogP contribution in [0.2, 0.25) is 0 Å². The SMILES string of the molecule is C[C@]12C=CC(=O)C=C1CC[C@H]1C3CCC(O)(C(=O)COC(=O)CNC(=O)c4ccccc4CON(O)O)[C@@]3(C)C[C@H](O)C12F. The Hall–Kier alpha value is -3.33. The van der Waals surface area contributed by atoms with E-state index in [0.717, 1.165) is 0 Å². The van der Waals surface area contributed by atoms with Crippen LogP contribution < -0.4 is 5.32 Å². The van der Waals surface area contributed by atoms with Crippen molar-refractivity contribution in [1.82, 2.24) is 10.7 Å². The molecule has 4 aliphatic carbocycles. The molecule has 5 N–H and O–H groups in total. The summed E-state index contributed by atoms with van der Waals surface area (Å²) < 4.78 is 22.3. The highest BCUT2D eigenvalue weighted by atomic mass is 19.1. The van der Waals surface area contributed by atoms with Gasteiger partial charge in [-0.15, -0.1) is 0 Å². The van der Waals surface area contributed by atoms with Crippen molar-refractivity contribution in [3.63, 3.8) is 0 Å². The second-order valence-corrected chi connectivity index (χ2v) is 12.6. The molecule has 0 spiro atoms. The van der Waals surface area contributed by atoms with Crippen molar-refractivity contribution >= 4 is 23.4 Å². The summed E-state index contributed by atoms with van der Waals surface area (Å²) in [4.78, 5) is 55.0. The van der Waals surface area contributed by atoms with E-state index in [-0.39, 0.29) is 30.8 Å². The van der Waals surface area contributed by atoms with Crippen molar-refractivity contribution in [3.05, 3.63) is 59.2 Å². The van der Waals surface area contributed by atoms with Crippen LogP contribution in [0.1, 0.15) is 61.9 Å². The zero-order valence-corrected chi connectivity index (χ0v) is 24.5. The zero-order chi connectivity index (χ0) is 32.1. The molecule has 0 saturated heterocycles. The quantitative estimate of drug-likeness (QED) is 0.202. The van der Waals surface area contributed by atoms with Gasteiger partial charge in [0.15, 0.2) is 18.1 Å². The Kier molecular flexibility index (Phi) is 8.42. The first-order valence-corrected chi connectivity index (χ1v) is 14.6. The zero-order valence-electron chi connectivity index (χ0n) is 24.5. The maximum absolute atomic E-state index is 17.2. The van der Waals surface area contributed by atoms with Gasteiger partial charge in [-0.3, -0.25) is 29.6 Å². The number of ether oxygens (including phenoxy) is 1. The van der Waals surface area contributed by atoms with Crippen molar-refractivity contribution in [3.8, 4) is 0 Å². The van der Waals surface area contributed by atoms with Crippen molar-refractivity contribution in [1.29, 1.82) is 0 Å². The molecule has 0 bridgehead atoms. The summed E-state index contributed by atoms with van der Waals surface area (Å²) >= 11 is 0. The number of rotatable bonds is 9. The lowest BCUT2D eigenvalue weighted by Crippen LogP contribution is -2.69. The highest BCUT2D eigenvalue weighted by molar-refractivity contribution is 6.01. The molecule has 3 fully saturated rings. The van der Waals surface area contributed by atoms with Crippen LogP contribution in [0.4, 0.5) is 4.39 Å². The van der Waals surface area contributed by atoms with E-state index in [0.29, 0.717) is 30.4 Å². The number of allylic oxidation sites excluding steroid dienone is 4. The number of carbonyl (C=O) groups is 4. The van der Waals surface area contributed by atoms with Crippen molar-refractivity contribution in [2.45, 2.75) is 69.9 Å². The summed E-state index contributed by atoms with van der Waals surface area (Å²) in [6, 6.07) is 6.11. The number of ketones is 2. The molecule has 0 aliphatic heterocycles. The molecule has 7 atom stereocenters. The van der Waals surface area contributed by atoms with Gasteiger partial charge in [-0.05, 0) is 68.7 Å². The standard InChI is InChI=1S/C31H37FN2O10/c1-28-11-9-20(35)13-19(28)7-8-23-22-10-12-30(40,29(22,2)14-24(36)31(23,28)32)25(37)17-43-26(38)15-33-27(39)21-6-4-3-5-18(21)16-44-34(41)42/h3-6,9,11,13,22-24,36,40-42H,7-8,10,12,14-17H2,1-2H3,(H,33,39)/t22?,23-,24-,28-,29-,30?,31?/m0/s1. The molecular formula is C31H37FN2O10. The van der Waals surface area contributed by atoms with Crippen LogP contribution in [0.5, 0.6) is 0 Å². The Bertz CT molecular complexity index is 1430. The molecule has 3 saturated carbocycles. The molecule has 12 nitrogen and oxygen atoms in total. The Morgan fingerprint density at radius 1 is 1.14 bits per heavy atom. The largest absolute Gasteiger partial charge is 0.456 e. The fraction of sp³-hybridized carbons (Fsp3) is 0.548. The van der Waals surface area contributed by atoms with Crippen LogP contribution in [0.25, 0.3) is 0 Å². The lowest BCUT2D eigenvalue weighted by atomic mass is 9.44. The number of halogens is 1. The number of benzene rings is 1. The smallest absolute Gasteiger partial charge is 0.325 e.